The van der Waals surface area contributed by atoms with Crippen LogP contribution in [0.15, 0.2) is 12.4 Å². The molecule has 1 aromatic heterocycles. The zero-order valence-corrected chi connectivity index (χ0v) is 10.0. The molecule has 4 heteroatoms. The van der Waals surface area contributed by atoms with Gasteiger partial charge in [0, 0.05) is 6.20 Å². The normalized spacial score (nSPS) is 9.94. The Kier molecular flexibility index (Phi) is 4.76. The molecule has 0 aromatic carbocycles. The van der Waals surface area contributed by atoms with E-state index in [4.69, 9.17) is 4.74 Å². The van der Waals surface area contributed by atoms with Gasteiger partial charge in [-0.1, -0.05) is 13.3 Å². The van der Waals surface area contributed by atoms with Crippen LogP contribution in [0.2, 0.25) is 0 Å². The van der Waals surface area contributed by atoms with Gasteiger partial charge < -0.3 is 4.74 Å². The Morgan fingerprint density at radius 2 is 2.19 bits per heavy atom. The van der Waals surface area contributed by atoms with E-state index in [1.165, 1.54) is 0 Å². The van der Waals surface area contributed by atoms with Gasteiger partial charge in [-0.2, -0.15) is 0 Å². The van der Waals surface area contributed by atoms with Crippen LogP contribution in [0, 0.1) is 6.92 Å². The Bertz CT molecular complexity index is 364. The van der Waals surface area contributed by atoms with Gasteiger partial charge in [-0.15, -0.1) is 0 Å². The molecule has 16 heavy (non-hydrogen) atoms. The van der Waals surface area contributed by atoms with Crippen LogP contribution in [0.4, 0.5) is 10.5 Å². The van der Waals surface area contributed by atoms with E-state index in [1.807, 2.05) is 6.92 Å². The van der Waals surface area contributed by atoms with Gasteiger partial charge in [0.05, 0.1) is 18.5 Å². The van der Waals surface area contributed by atoms with Crippen LogP contribution in [0.5, 0.6) is 0 Å². The SMILES string of the molecule is CCCc1c(C)cncc1NC(=O)OCC. The van der Waals surface area contributed by atoms with E-state index in [-0.39, 0.29) is 0 Å². The highest BCUT2D eigenvalue weighted by molar-refractivity contribution is 5.85. The number of carbonyl (C=O) groups excluding carboxylic acids is 1. The van der Waals surface area contributed by atoms with Crippen molar-refractivity contribution in [1.82, 2.24) is 4.98 Å². The van der Waals surface area contributed by atoms with Crippen LogP contribution in [0.25, 0.3) is 0 Å². The predicted molar refractivity (Wildman–Crippen MR) is 63.6 cm³/mol. The number of anilines is 1. The average molecular weight is 222 g/mol. The molecule has 88 valence electrons. The molecule has 1 aromatic rings. The molecule has 1 rings (SSSR count). The van der Waals surface area contributed by atoms with Crippen molar-refractivity contribution in [2.45, 2.75) is 33.6 Å². The number of nitrogens with one attached hydrogen (secondary N) is 1. The van der Waals surface area contributed by atoms with Crippen LogP contribution in [0.1, 0.15) is 31.4 Å². The molecule has 0 aliphatic heterocycles. The highest BCUT2D eigenvalue weighted by atomic mass is 16.5. The van der Waals surface area contributed by atoms with E-state index >= 15 is 0 Å². The van der Waals surface area contributed by atoms with E-state index < -0.39 is 6.09 Å². The Hall–Kier alpha value is -1.58. The molecule has 0 atom stereocenters. The molecular formula is C12H18N2O2. The Labute approximate surface area is 96.0 Å². The lowest BCUT2D eigenvalue weighted by Gasteiger charge is -2.12. The summed E-state index contributed by atoms with van der Waals surface area (Å²) in [4.78, 5) is 15.4. The summed E-state index contributed by atoms with van der Waals surface area (Å²) in [7, 11) is 0. The number of aryl methyl sites for hydroxylation is 1. The standard InChI is InChI=1S/C12H18N2O2/c1-4-6-10-9(3)7-13-8-11(10)14-12(15)16-5-2/h7-8H,4-6H2,1-3H3,(H,14,15). The summed E-state index contributed by atoms with van der Waals surface area (Å²) in [6.07, 6.45) is 5.00. The van der Waals surface area contributed by atoms with Crippen molar-refractivity contribution >= 4 is 11.8 Å². The summed E-state index contributed by atoms with van der Waals surface area (Å²) in [5.74, 6) is 0. The van der Waals surface area contributed by atoms with Gasteiger partial charge in [-0.25, -0.2) is 4.79 Å². The number of pyridine rings is 1. The van der Waals surface area contributed by atoms with Crippen molar-refractivity contribution in [3.8, 4) is 0 Å². The lowest BCUT2D eigenvalue weighted by Crippen LogP contribution is -2.15. The first-order chi connectivity index (χ1) is 7.69. The van der Waals surface area contributed by atoms with Crippen molar-refractivity contribution < 1.29 is 9.53 Å². The molecule has 0 spiro atoms. The Balaban J connectivity index is 2.85. The molecule has 0 radical (unpaired) electrons. The second-order valence-electron chi connectivity index (χ2n) is 3.58. The topological polar surface area (TPSA) is 51.2 Å². The van der Waals surface area contributed by atoms with Crippen molar-refractivity contribution in [2.75, 3.05) is 11.9 Å². The molecule has 0 unspecified atom stereocenters. The summed E-state index contributed by atoms with van der Waals surface area (Å²) >= 11 is 0. The minimum Gasteiger partial charge on any atom is -0.450 e. The third-order valence-corrected chi connectivity index (χ3v) is 2.29. The minimum atomic E-state index is -0.424. The summed E-state index contributed by atoms with van der Waals surface area (Å²) in [6, 6.07) is 0. The maximum absolute atomic E-state index is 11.3. The second kappa shape index (κ2) is 6.10. The lowest BCUT2D eigenvalue weighted by molar-refractivity contribution is 0.168. The van der Waals surface area contributed by atoms with E-state index in [1.54, 1.807) is 19.3 Å². The third kappa shape index (κ3) is 3.22. The van der Waals surface area contributed by atoms with E-state index in [0.717, 1.165) is 29.7 Å². The molecule has 0 saturated heterocycles. The fraction of sp³-hybridized carbons (Fsp3) is 0.500. The molecule has 0 fully saturated rings. The number of rotatable bonds is 4. The zero-order valence-electron chi connectivity index (χ0n) is 10.0. The van der Waals surface area contributed by atoms with Crippen LogP contribution < -0.4 is 5.32 Å². The highest BCUT2D eigenvalue weighted by Gasteiger charge is 2.09. The maximum Gasteiger partial charge on any atom is 0.411 e. The van der Waals surface area contributed by atoms with Crippen molar-refractivity contribution in [2.24, 2.45) is 0 Å². The molecule has 0 aliphatic carbocycles. The smallest absolute Gasteiger partial charge is 0.411 e. The highest BCUT2D eigenvalue weighted by Crippen LogP contribution is 2.19. The molecule has 0 bridgehead atoms. The van der Waals surface area contributed by atoms with Gasteiger partial charge in [-0.05, 0) is 31.4 Å². The first-order valence-electron chi connectivity index (χ1n) is 5.56. The van der Waals surface area contributed by atoms with Crippen molar-refractivity contribution in [3.63, 3.8) is 0 Å². The van der Waals surface area contributed by atoms with E-state index in [2.05, 4.69) is 17.2 Å². The number of nitrogens with zero attached hydrogens (tertiary/aromatic N) is 1. The fourth-order valence-corrected chi connectivity index (χ4v) is 1.56. The minimum absolute atomic E-state index is 0.369. The number of carbonyl (C=O) groups is 1. The average Bonchev–Trinajstić information content (AvgIpc) is 2.23. The number of hydrogen-bond donors (Lipinski definition) is 1. The molecular weight excluding hydrogens is 204 g/mol. The van der Waals surface area contributed by atoms with Crippen LogP contribution in [0.3, 0.4) is 0 Å². The number of amides is 1. The van der Waals surface area contributed by atoms with Gasteiger partial charge in [0.25, 0.3) is 0 Å². The van der Waals surface area contributed by atoms with Crippen LogP contribution in [-0.2, 0) is 11.2 Å². The first-order valence-corrected chi connectivity index (χ1v) is 5.56. The number of ether oxygens (including phenoxy) is 1. The lowest BCUT2D eigenvalue weighted by atomic mass is 10.1. The summed E-state index contributed by atoms with van der Waals surface area (Å²) in [5.41, 5.74) is 2.97. The zero-order chi connectivity index (χ0) is 12.0. The second-order valence-corrected chi connectivity index (χ2v) is 3.58. The van der Waals surface area contributed by atoms with Gasteiger partial charge >= 0.3 is 6.09 Å². The van der Waals surface area contributed by atoms with Gasteiger partial charge in [0.15, 0.2) is 0 Å². The van der Waals surface area contributed by atoms with E-state index in [0.29, 0.717) is 6.61 Å². The molecule has 1 heterocycles. The third-order valence-electron chi connectivity index (χ3n) is 2.29. The van der Waals surface area contributed by atoms with Crippen LogP contribution in [-0.4, -0.2) is 17.7 Å². The van der Waals surface area contributed by atoms with E-state index in [9.17, 15) is 4.79 Å². The van der Waals surface area contributed by atoms with Crippen LogP contribution >= 0.6 is 0 Å². The molecule has 0 aliphatic rings. The molecule has 1 N–H and O–H groups in total. The summed E-state index contributed by atoms with van der Waals surface area (Å²) < 4.78 is 4.84. The predicted octanol–water partition coefficient (Wildman–Crippen LogP) is 2.91. The quantitative estimate of drug-likeness (QED) is 0.852. The Morgan fingerprint density at radius 1 is 1.44 bits per heavy atom. The first kappa shape index (κ1) is 12.5. The fourth-order valence-electron chi connectivity index (χ4n) is 1.56. The number of hydrogen-bond acceptors (Lipinski definition) is 3. The number of aromatic nitrogens is 1. The molecule has 1 amide bonds. The summed E-state index contributed by atoms with van der Waals surface area (Å²) in [5, 5.41) is 2.71. The van der Waals surface area contributed by atoms with Crippen molar-refractivity contribution in [3.05, 3.63) is 23.5 Å². The van der Waals surface area contributed by atoms with Gasteiger partial charge in [0.1, 0.15) is 0 Å². The largest absolute Gasteiger partial charge is 0.450 e. The molecule has 0 saturated carbocycles. The van der Waals surface area contributed by atoms with Gasteiger partial charge in [-0.3, -0.25) is 10.3 Å². The van der Waals surface area contributed by atoms with Gasteiger partial charge in [0.2, 0.25) is 0 Å². The Morgan fingerprint density at radius 3 is 2.81 bits per heavy atom. The maximum atomic E-state index is 11.3. The molecule has 4 nitrogen and oxygen atoms in total. The van der Waals surface area contributed by atoms with Crippen molar-refractivity contribution in [1.29, 1.82) is 0 Å². The monoisotopic (exact) mass is 222 g/mol. The summed E-state index contributed by atoms with van der Waals surface area (Å²) in [6.45, 7) is 6.25.